The number of pyridine rings is 1. The van der Waals surface area contributed by atoms with Gasteiger partial charge in [0.2, 0.25) is 0 Å². The quantitative estimate of drug-likeness (QED) is 0.636. The number of nitrogens with zero attached hydrogens (tertiary/aromatic N) is 2. The van der Waals surface area contributed by atoms with Gasteiger partial charge in [-0.1, -0.05) is 0 Å². The lowest BCUT2D eigenvalue weighted by Crippen LogP contribution is -2.12. The zero-order valence-corrected chi connectivity index (χ0v) is 10.3. The minimum atomic E-state index is -2.90. The van der Waals surface area contributed by atoms with Gasteiger partial charge in [-0.25, -0.2) is 18.6 Å². The molecule has 4 nitrogen and oxygen atoms in total. The van der Waals surface area contributed by atoms with Crippen LogP contribution >= 0.6 is 15.9 Å². The highest BCUT2D eigenvalue weighted by Crippen LogP contribution is 2.28. The number of ether oxygens (including phenoxy) is 1. The van der Waals surface area contributed by atoms with Gasteiger partial charge < -0.3 is 4.74 Å². The lowest BCUT2D eigenvalue weighted by molar-refractivity contribution is 0.0514. The molecule has 7 heteroatoms. The van der Waals surface area contributed by atoms with Crippen molar-refractivity contribution in [2.24, 2.45) is 0 Å². The van der Waals surface area contributed by atoms with Crippen LogP contribution in [0.4, 0.5) is 8.78 Å². The molecule has 0 aromatic carbocycles. The Kier molecular flexibility index (Phi) is 4.52. The van der Waals surface area contributed by atoms with E-state index in [1.165, 1.54) is 0 Å². The molecule has 0 fully saturated rings. The number of carbonyl (C=O) groups is 1. The summed E-state index contributed by atoms with van der Waals surface area (Å²) in [7, 11) is 0. The van der Waals surface area contributed by atoms with E-state index < -0.39 is 23.5 Å². The second-order valence-corrected chi connectivity index (χ2v) is 3.64. The largest absolute Gasteiger partial charge is 0.462 e. The molecule has 0 saturated carbocycles. The fourth-order valence-corrected chi connectivity index (χ4v) is 1.58. The van der Waals surface area contributed by atoms with Crippen LogP contribution in [0, 0.1) is 11.3 Å². The highest BCUT2D eigenvalue weighted by molar-refractivity contribution is 9.10. The molecule has 0 aliphatic heterocycles. The first-order valence-electron chi connectivity index (χ1n) is 4.56. The second-order valence-electron chi connectivity index (χ2n) is 2.89. The van der Waals surface area contributed by atoms with Crippen molar-refractivity contribution >= 4 is 21.9 Å². The highest BCUT2D eigenvalue weighted by atomic mass is 79.9. The second kappa shape index (κ2) is 5.68. The minimum Gasteiger partial charge on any atom is -0.462 e. The van der Waals surface area contributed by atoms with E-state index in [9.17, 15) is 13.6 Å². The van der Waals surface area contributed by atoms with Crippen LogP contribution in [-0.4, -0.2) is 17.6 Å². The van der Waals surface area contributed by atoms with Crippen molar-refractivity contribution in [2.75, 3.05) is 6.61 Å². The Balaban J connectivity index is 3.45. The summed E-state index contributed by atoms with van der Waals surface area (Å²) >= 11 is 2.92. The number of esters is 1. The molecule has 0 aliphatic rings. The number of rotatable bonds is 3. The van der Waals surface area contributed by atoms with Crippen LogP contribution in [-0.2, 0) is 4.74 Å². The molecule has 0 bridgehead atoms. The first kappa shape index (κ1) is 13.5. The van der Waals surface area contributed by atoms with Crippen molar-refractivity contribution in [3.8, 4) is 6.07 Å². The van der Waals surface area contributed by atoms with E-state index in [0.29, 0.717) is 0 Å². The van der Waals surface area contributed by atoms with E-state index in [1.54, 1.807) is 13.0 Å². The zero-order chi connectivity index (χ0) is 13.0. The molecule has 17 heavy (non-hydrogen) atoms. The third-order valence-electron chi connectivity index (χ3n) is 1.89. The lowest BCUT2D eigenvalue weighted by Gasteiger charge is -2.10. The van der Waals surface area contributed by atoms with Crippen molar-refractivity contribution < 1.29 is 18.3 Å². The van der Waals surface area contributed by atoms with E-state index in [2.05, 4.69) is 25.7 Å². The Morgan fingerprint density at radius 3 is 2.82 bits per heavy atom. The third-order valence-corrected chi connectivity index (χ3v) is 2.49. The standard InChI is InChI=1S/C10H7BrF2N2O2/c1-2-17-10(16)7-5(3-14)8(11)15-4-6(7)9(12)13/h4,9H,2H2,1H3. The number of hydrogen-bond donors (Lipinski definition) is 0. The van der Waals surface area contributed by atoms with Crippen molar-refractivity contribution in [3.05, 3.63) is 27.5 Å². The number of aromatic nitrogens is 1. The van der Waals surface area contributed by atoms with Gasteiger partial charge in [-0.05, 0) is 22.9 Å². The van der Waals surface area contributed by atoms with E-state index in [0.717, 1.165) is 6.20 Å². The number of halogens is 3. The summed E-state index contributed by atoms with van der Waals surface area (Å²) in [4.78, 5) is 15.1. The molecule has 0 amide bonds. The van der Waals surface area contributed by atoms with Gasteiger partial charge in [-0.15, -0.1) is 0 Å². The Bertz CT molecular complexity index is 486. The van der Waals surface area contributed by atoms with Gasteiger partial charge in [0.15, 0.2) is 0 Å². The lowest BCUT2D eigenvalue weighted by atomic mass is 10.1. The van der Waals surface area contributed by atoms with Crippen LogP contribution in [0.2, 0.25) is 0 Å². The maximum atomic E-state index is 12.7. The maximum Gasteiger partial charge on any atom is 0.340 e. The predicted octanol–water partition coefficient (Wildman–Crippen LogP) is 2.83. The normalized spacial score (nSPS) is 10.1. The predicted molar refractivity (Wildman–Crippen MR) is 57.6 cm³/mol. The van der Waals surface area contributed by atoms with Crippen LogP contribution in [0.15, 0.2) is 10.8 Å². The molecular formula is C10H7BrF2N2O2. The van der Waals surface area contributed by atoms with Crippen LogP contribution < -0.4 is 0 Å². The molecule has 1 rings (SSSR count). The average Bonchev–Trinajstić information content (AvgIpc) is 2.28. The number of carbonyl (C=O) groups excluding carboxylic acids is 1. The summed E-state index contributed by atoms with van der Waals surface area (Å²) in [5.41, 5.74) is -1.30. The Labute approximate surface area is 104 Å². The summed E-state index contributed by atoms with van der Waals surface area (Å²) in [6.07, 6.45) is -2.05. The first-order valence-corrected chi connectivity index (χ1v) is 5.36. The number of hydrogen-bond acceptors (Lipinski definition) is 4. The van der Waals surface area contributed by atoms with Gasteiger partial charge in [-0.3, -0.25) is 0 Å². The minimum absolute atomic E-state index is 0.0340. The van der Waals surface area contributed by atoms with Crippen molar-refractivity contribution in [2.45, 2.75) is 13.3 Å². The van der Waals surface area contributed by atoms with E-state index >= 15 is 0 Å². The molecule has 0 atom stereocenters. The van der Waals surface area contributed by atoms with E-state index in [1.807, 2.05) is 0 Å². The number of nitriles is 1. The van der Waals surface area contributed by atoms with Gasteiger partial charge in [-0.2, -0.15) is 5.26 Å². The van der Waals surface area contributed by atoms with E-state index in [4.69, 9.17) is 5.26 Å². The maximum absolute atomic E-state index is 12.7. The zero-order valence-electron chi connectivity index (χ0n) is 8.71. The van der Waals surface area contributed by atoms with Crippen LogP contribution in [0.3, 0.4) is 0 Å². The molecule has 90 valence electrons. The molecule has 0 saturated heterocycles. The van der Waals surface area contributed by atoms with Gasteiger partial charge in [0.25, 0.3) is 6.43 Å². The Hall–Kier alpha value is -1.55. The fourth-order valence-electron chi connectivity index (χ4n) is 1.19. The van der Waals surface area contributed by atoms with Crippen LogP contribution in [0.1, 0.15) is 34.8 Å². The van der Waals surface area contributed by atoms with Gasteiger partial charge >= 0.3 is 5.97 Å². The molecule has 0 N–H and O–H groups in total. The first-order chi connectivity index (χ1) is 8.02. The fraction of sp³-hybridized carbons (Fsp3) is 0.300. The molecule has 1 heterocycles. The summed E-state index contributed by atoms with van der Waals surface area (Å²) in [5.74, 6) is -0.956. The molecule has 0 spiro atoms. The molecular weight excluding hydrogens is 298 g/mol. The Morgan fingerprint density at radius 2 is 2.35 bits per heavy atom. The molecule has 0 aliphatic carbocycles. The molecule has 1 aromatic rings. The molecule has 0 unspecified atom stereocenters. The SMILES string of the molecule is CCOC(=O)c1c(C(F)F)cnc(Br)c1C#N. The topological polar surface area (TPSA) is 63.0 Å². The average molecular weight is 305 g/mol. The van der Waals surface area contributed by atoms with Crippen LogP contribution in [0.5, 0.6) is 0 Å². The van der Waals surface area contributed by atoms with Gasteiger partial charge in [0.1, 0.15) is 10.7 Å². The summed E-state index contributed by atoms with van der Waals surface area (Å²) in [6.45, 7) is 1.58. The number of alkyl halides is 2. The monoisotopic (exact) mass is 304 g/mol. The van der Waals surface area contributed by atoms with E-state index in [-0.39, 0.29) is 16.8 Å². The van der Waals surface area contributed by atoms with Crippen molar-refractivity contribution in [1.29, 1.82) is 5.26 Å². The van der Waals surface area contributed by atoms with Gasteiger partial charge in [0, 0.05) is 6.20 Å². The summed E-state index contributed by atoms with van der Waals surface area (Å²) < 4.78 is 30.1. The van der Waals surface area contributed by atoms with Crippen molar-refractivity contribution in [3.63, 3.8) is 0 Å². The van der Waals surface area contributed by atoms with Gasteiger partial charge in [0.05, 0.1) is 23.3 Å². The van der Waals surface area contributed by atoms with Crippen LogP contribution in [0.25, 0.3) is 0 Å². The third kappa shape index (κ3) is 2.77. The molecule has 0 radical (unpaired) electrons. The smallest absolute Gasteiger partial charge is 0.340 e. The van der Waals surface area contributed by atoms with Crippen molar-refractivity contribution in [1.82, 2.24) is 4.98 Å². The Morgan fingerprint density at radius 1 is 1.71 bits per heavy atom. The summed E-state index contributed by atoms with van der Waals surface area (Å²) in [6, 6.07) is 1.65. The summed E-state index contributed by atoms with van der Waals surface area (Å²) in [5, 5.41) is 8.85. The molecule has 1 aromatic heterocycles. The highest BCUT2D eigenvalue weighted by Gasteiger charge is 2.25.